The number of nitrogens with one attached hydrogen (secondary N) is 1. The quantitative estimate of drug-likeness (QED) is 0.911. The van der Waals surface area contributed by atoms with E-state index in [9.17, 15) is 0 Å². The summed E-state index contributed by atoms with van der Waals surface area (Å²) >= 11 is 6.05. The van der Waals surface area contributed by atoms with Crippen molar-refractivity contribution in [3.63, 3.8) is 0 Å². The van der Waals surface area contributed by atoms with Gasteiger partial charge in [-0.15, -0.1) is 0 Å². The van der Waals surface area contributed by atoms with Crippen LogP contribution >= 0.6 is 11.6 Å². The Bertz CT molecular complexity index is 582. The highest BCUT2D eigenvalue weighted by molar-refractivity contribution is 6.30. The Morgan fingerprint density at radius 2 is 2.21 bits per heavy atom. The molecule has 2 atom stereocenters. The lowest BCUT2D eigenvalue weighted by atomic mass is 10.1. The molecule has 0 saturated heterocycles. The van der Waals surface area contributed by atoms with E-state index in [2.05, 4.69) is 29.4 Å². The number of pyridine rings is 1. The van der Waals surface area contributed by atoms with Crippen molar-refractivity contribution >= 4 is 11.6 Å². The Hall–Kier alpha value is -1.38. The highest BCUT2D eigenvalue weighted by Gasteiger charge is 2.24. The molecule has 0 saturated carbocycles. The summed E-state index contributed by atoms with van der Waals surface area (Å²) in [5.74, 6) is 0. The second kappa shape index (κ2) is 5.32. The predicted octanol–water partition coefficient (Wildman–Crippen LogP) is 4.07. The summed E-state index contributed by atoms with van der Waals surface area (Å²) in [4.78, 5) is 4.52. The number of rotatable bonds is 3. The number of fused-ring (bicyclic) bond motifs is 1. The largest absolute Gasteiger partial charge is 0.302 e. The molecule has 3 heteroatoms. The van der Waals surface area contributed by atoms with Gasteiger partial charge >= 0.3 is 0 Å². The van der Waals surface area contributed by atoms with E-state index in [1.165, 1.54) is 16.8 Å². The van der Waals surface area contributed by atoms with Crippen molar-refractivity contribution in [2.45, 2.75) is 31.8 Å². The van der Waals surface area contributed by atoms with Crippen LogP contribution < -0.4 is 5.32 Å². The highest BCUT2D eigenvalue weighted by atomic mass is 35.5. The third kappa shape index (κ3) is 2.65. The predicted molar refractivity (Wildman–Crippen MR) is 78.3 cm³/mol. The van der Waals surface area contributed by atoms with Crippen molar-refractivity contribution in [2.75, 3.05) is 0 Å². The Morgan fingerprint density at radius 1 is 1.32 bits per heavy atom. The van der Waals surface area contributed by atoms with E-state index in [0.29, 0.717) is 6.04 Å². The Morgan fingerprint density at radius 3 is 3.05 bits per heavy atom. The summed E-state index contributed by atoms with van der Waals surface area (Å²) in [7, 11) is 0. The molecule has 0 radical (unpaired) electrons. The first-order valence-corrected chi connectivity index (χ1v) is 7.07. The van der Waals surface area contributed by atoms with E-state index in [1.807, 2.05) is 30.5 Å². The lowest BCUT2D eigenvalue weighted by Gasteiger charge is -2.20. The van der Waals surface area contributed by atoms with Crippen LogP contribution in [0.3, 0.4) is 0 Å². The average molecular weight is 273 g/mol. The number of hydrogen-bond acceptors (Lipinski definition) is 2. The van der Waals surface area contributed by atoms with Gasteiger partial charge in [0.1, 0.15) is 0 Å². The molecule has 1 N–H and O–H groups in total. The van der Waals surface area contributed by atoms with Crippen LogP contribution in [0, 0.1) is 0 Å². The topological polar surface area (TPSA) is 24.9 Å². The monoisotopic (exact) mass is 272 g/mol. The minimum atomic E-state index is 0.275. The molecule has 0 bridgehead atoms. The molecule has 1 aromatic carbocycles. The van der Waals surface area contributed by atoms with Crippen molar-refractivity contribution in [1.82, 2.24) is 10.3 Å². The molecular weight excluding hydrogens is 256 g/mol. The van der Waals surface area contributed by atoms with Crippen molar-refractivity contribution in [1.29, 1.82) is 0 Å². The van der Waals surface area contributed by atoms with E-state index >= 15 is 0 Å². The molecule has 19 heavy (non-hydrogen) atoms. The zero-order valence-electron chi connectivity index (χ0n) is 10.9. The van der Waals surface area contributed by atoms with E-state index < -0.39 is 0 Å². The first kappa shape index (κ1) is 12.6. The lowest BCUT2D eigenvalue weighted by Crippen LogP contribution is -2.23. The second-order valence-electron chi connectivity index (χ2n) is 5.08. The van der Waals surface area contributed by atoms with Crippen LogP contribution in [0.4, 0.5) is 0 Å². The van der Waals surface area contributed by atoms with E-state index in [1.54, 1.807) is 0 Å². The maximum absolute atomic E-state index is 6.05. The zero-order valence-corrected chi connectivity index (χ0v) is 11.7. The minimum absolute atomic E-state index is 0.275. The zero-order chi connectivity index (χ0) is 13.2. The van der Waals surface area contributed by atoms with Gasteiger partial charge in [-0.25, -0.2) is 0 Å². The third-order valence-corrected chi connectivity index (χ3v) is 3.99. The summed E-state index contributed by atoms with van der Waals surface area (Å²) in [5.41, 5.74) is 3.80. The molecule has 1 aliphatic rings. The maximum Gasteiger partial charge on any atom is 0.0605 e. The Labute approximate surface area is 118 Å². The molecule has 1 aromatic heterocycles. The molecule has 98 valence electrons. The molecule has 1 aliphatic carbocycles. The van der Waals surface area contributed by atoms with Crippen LogP contribution in [0.2, 0.25) is 5.02 Å². The normalized spacial score (nSPS) is 19.2. The van der Waals surface area contributed by atoms with Crippen LogP contribution in [0.15, 0.2) is 42.6 Å². The molecule has 0 aliphatic heterocycles. The molecule has 0 spiro atoms. The van der Waals surface area contributed by atoms with Gasteiger partial charge in [-0.2, -0.15) is 0 Å². The standard InChI is InChI=1S/C16H17ClN2/c1-11(13-4-2-6-14(17)10-13)19-15-8-7-12-5-3-9-18-16(12)15/h2-6,9-11,15,19H,7-8H2,1H3. The van der Waals surface area contributed by atoms with Crippen molar-refractivity contribution < 1.29 is 0 Å². The van der Waals surface area contributed by atoms with Crippen molar-refractivity contribution in [3.05, 3.63) is 64.4 Å². The third-order valence-electron chi connectivity index (χ3n) is 3.76. The number of nitrogens with zero attached hydrogens (tertiary/aromatic N) is 1. The summed E-state index contributed by atoms with van der Waals surface area (Å²) in [6, 6.07) is 12.9. The van der Waals surface area contributed by atoms with Crippen molar-refractivity contribution in [2.24, 2.45) is 0 Å². The highest BCUT2D eigenvalue weighted by Crippen LogP contribution is 2.31. The van der Waals surface area contributed by atoms with Gasteiger partial charge in [0.15, 0.2) is 0 Å². The SMILES string of the molecule is CC(NC1CCc2cccnc21)c1cccc(Cl)c1. The average Bonchev–Trinajstić information content (AvgIpc) is 2.82. The van der Waals surface area contributed by atoms with Crippen LogP contribution in [0.5, 0.6) is 0 Å². The van der Waals surface area contributed by atoms with Gasteiger partial charge in [-0.3, -0.25) is 4.98 Å². The molecule has 2 unspecified atom stereocenters. The first-order chi connectivity index (χ1) is 9.24. The second-order valence-corrected chi connectivity index (χ2v) is 5.52. The number of benzene rings is 1. The van der Waals surface area contributed by atoms with Gasteiger partial charge in [-0.05, 0) is 49.1 Å². The van der Waals surface area contributed by atoms with Gasteiger partial charge in [0.25, 0.3) is 0 Å². The summed E-state index contributed by atoms with van der Waals surface area (Å²) in [6.07, 6.45) is 4.11. The molecule has 0 amide bonds. The maximum atomic E-state index is 6.05. The van der Waals surface area contributed by atoms with Gasteiger partial charge in [-0.1, -0.05) is 29.8 Å². The van der Waals surface area contributed by atoms with E-state index in [4.69, 9.17) is 11.6 Å². The number of hydrogen-bond donors (Lipinski definition) is 1. The number of aromatic nitrogens is 1. The fraction of sp³-hybridized carbons (Fsp3) is 0.312. The van der Waals surface area contributed by atoms with Gasteiger partial charge in [0.2, 0.25) is 0 Å². The summed E-state index contributed by atoms with van der Waals surface area (Å²) < 4.78 is 0. The first-order valence-electron chi connectivity index (χ1n) is 6.69. The lowest BCUT2D eigenvalue weighted by molar-refractivity contribution is 0.458. The van der Waals surface area contributed by atoms with Crippen LogP contribution in [0.25, 0.3) is 0 Å². The van der Waals surface area contributed by atoms with Gasteiger partial charge in [0.05, 0.1) is 11.7 Å². The summed E-state index contributed by atoms with van der Waals surface area (Å²) in [5, 5.41) is 4.45. The van der Waals surface area contributed by atoms with Gasteiger partial charge < -0.3 is 5.32 Å². The van der Waals surface area contributed by atoms with E-state index in [0.717, 1.165) is 17.9 Å². The molecule has 0 fully saturated rings. The van der Waals surface area contributed by atoms with Crippen molar-refractivity contribution in [3.8, 4) is 0 Å². The van der Waals surface area contributed by atoms with Gasteiger partial charge in [0, 0.05) is 17.3 Å². The smallest absolute Gasteiger partial charge is 0.0605 e. The van der Waals surface area contributed by atoms with Crippen LogP contribution in [0.1, 0.15) is 42.2 Å². The number of aryl methyl sites for hydroxylation is 1. The molecule has 1 heterocycles. The minimum Gasteiger partial charge on any atom is -0.302 e. The fourth-order valence-electron chi connectivity index (χ4n) is 2.75. The van der Waals surface area contributed by atoms with Crippen LogP contribution in [-0.4, -0.2) is 4.98 Å². The Kier molecular flexibility index (Phi) is 3.54. The van der Waals surface area contributed by atoms with E-state index in [-0.39, 0.29) is 6.04 Å². The summed E-state index contributed by atoms with van der Waals surface area (Å²) in [6.45, 7) is 2.17. The molecule has 2 aromatic rings. The van der Waals surface area contributed by atoms with Crippen LogP contribution in [-0.2, 0) is 6.42 Å². The molecule has 2 nitrogen and oxygen atoms in total. The molecule has 3 rings (SSSR count). The number of halogens is 1. The molecular formula is C16H17ClN2. The fourth-order valence-corrected chi connectivity index (χ4v) is 2.95. The Balaban J connectivity index is 1.76.